The van der Waals surface area contributed by atoms with Crippen molar-refractivity contribution in [3.05, 3.63) is 0 Å². The van der Waals surface area contributed by atoms with Crippen molar-refractivity contribution in [2.45, 2.75) is 74.2 Å². The van der Waals surface area contributed by atoms with Gasteiger partial charge in [0.05, 0.1) is 0 Å². The summed E-state index contributed by atoms with van der Waals surface area (Å²) in [4.78, 5) is 0. The molecule has 0 unspecified atom stereocenters. The molecule has 2 aliphatic rings. The highest BCUT2D eigenvalue weighted by Crippen LogP contribution is 2.38. The maximum atomic E-state index is 12.9. The van der Waals surface area contributed by atoms with Crippen LogP contribution in [0.4, 0.5) is 8.78 Å². The Hall–Kier alpha value is 0.210. The van der Waals surface area contributed by atoms with Crippen molar-refractivity contribution in [2.24, 2.45) is 0 Å². The lowest BCUT2D eigenvalue weighted by molar-refractivity contribution is 0.249. The SMILES string of the molecule is FC1CCC(SC2CCC(F)CC2)CC1. The molecule has 0 nitrogen and oxygen atoms in total. The summed E-state index contributed by atoms with van der Waals surface area (Å²) in [6.07, 6.45) is 6.00. The van der Waals surface area contributed by atoms with Gasteiger partial charge in [-0.1, -0.05) is 0 Å². The second kappa shape index (κ2) is 5.51. The van der Waals surface area contributed by atoms with Crippen LogP contribution in [0, 0.1) is 0 Å². The van der Waals surface area contributed by atoms with Crippen molar-refractivity contribution in [3.8, 4) is 0 Å². The van der Waals surface area contributed by atoms with Crippen LogP contribution in [0.3, 0.4) is 0 Å². The molecule has 0 aromatic heterocycles. The highest BCUT2D eigenvalue weighted by atomic mass is 32.2. The predicted octanol–water partition coefficient (Wildman–Crippen LogP) is 4.28. The first kappa shape index (κ1) is 11.7. The molecule has 3 heteroatoms. The van der Waals surface area contributed by atoms with Gasteiger partial charge in [0, 0.05) is 10.5 Å². The van der Waals surface area contributed by atoms with E-state index in [9.17, 15) is 8.78 Å². The van der Waals surface area contributed by atoms with Crippen LogP contribution in [0.2, 0.25) is 0 Å². The summed E-state index contributed by atoms with van der Waals surface area (Å²) in [6.45, 7) is 0. The molecule has 2 fully saturated rings. The standard InChI is InChI=1S/C12H20F2S/c13-9-1-5-11(6-2-9)15-12-7-3-10(14)4-8-12/h9-12H,1-8H2. The van der Waals surface area contributed by atoms with Gasteiger partial charge >= 0.3 is 0 Å². The number of rotatable bonds is 2. The van der Waals surface area contributed by atoms with E-state index in [1.165, 1.54) is 0 Å². The molecule has 15 heavy (non-hydrogen) atoms. The summed E-state index contributed by atoms with van der Waals surface area (Å²) >= 11 is 2.01. The van der Waals surface area contributed by atoms with E-state index in [0.29, 0.717) is 10.5 Å². The molecule has 0 saturated heterocycles. The van der Waals surface area contributed by atoms with Gasteiger partial charge in [0.25, 0.3) is 0 Å². The van der Waals surface area contributed by atoms with Crippen LogP contribution in [0.1, 0.15) is 51.4 Å². The van der Waals surface area contributed by atoms with Crippen LogP contribution in [0.5, 0.6) is 0 Å². The van der Waals surface area contributed by atoms with E-state index in [0.717, 1.165) is 51.4 Å². The summed E-state index contributed by atoms with van der Waals surface area (Å²) in [7, 11) is 0. The lowest BCUT2D eigenvalue weighted by Gasteiger charge is -2.30. The predicted molar refractivity (Wildman–Crippen MR) is 61.9 cm³/mol. The number of hydrogen-bond donors (Lipinski definition) is 0. The largest absolute Gasteiger partial charge is 0.247 e. The van der Waals surface area contributed by atoms with Crippen molar-refractivity contribution in [1.29, 1.82) is 0 Å². The van der Waals surface area contributed by atoms with E-state index in [2.05, 4.69) is 0 Å². The second-order valence-electron chi connectivity index (χ2n) is 4.88. The van der Waals surface area contributed by atoms with Crippen molar-refractivity contribution >= 4 is 11.8 Å². The molecule has 2 rings (SSSR count). The molecule has 2 saturated carbocycles. The van der Waals surface area contributed by atoms with Gasteiger partial charge in [-0.15, -0.1) is 0 Å². The minimum absolute atomic E-state index is 0.552. The molecule has 0 aromatic rings. The van der Waals surface area contributed by atoms with Gasteiger partial charge in [-0.2, -0.15) is 11.8 Å². The average Bonchev–Trinajstić information content (AvgIpc) is 2.25. The van der Waals surface area contributed by atoms with Crippen LogP contribution < -0.4 is 0 Å². The first-order chi connectivity index (χ1) is 7.24. The Balaban J connectivity index is 1.68. The summed E-state index contributed by atoms with van der Waals surface area (Å²) in [5.74, 6) is 0. The van der Waals surface area contributed by atoms with E-state index in [1.807, 2.05) is 11.8 Å². The molecule has 0 atom stereocenters. The Labute approximate surface area is 95.2 Å². The average molecular weight is 234 g/mol. The topological polar surface area (TPSA) is 0 Å². The highest BCUT2D eigenvalue weighted by molar-refractivity contribution is 8.00. The Morgan fingerprint density at radius 2 is 0.933 bits per heavy atom. The highest BCUT2D eigenvalue weighted by Gasteiger charge is 2.26. The first-order valence-corrected chi connectivity index (χ1v) is 7.12. The van der Waals surface area contributed by atoms with Crippen LogP contribution in [0.25, 0.3) is 0 Å². The fraction of sp³-hybridized carbons (Fsp3) is 1.00. The number of thioether (sulfide) groups is 1. The first-order valence-electron chi connectivity index (χ1n) is 6.17. The third kappa shape index (κ3) is 3.61. The Bertz CT molecular complexity index is 162. The van der Waals surface area contributed by atoms with Crippen LogP contribution >= 0.6 is 11.8 Å². The smallest absolute Gasteiger partial charge is 0.100 e. The van der Waals surface area contributed by atoms with Gasteiger partial charge in [0.1, 0.15) is 12.3 Å². The monoisotopic (exact) mass is 234 g/mol. The fourth-order valence-corrected chi connectivity index (χ4v) is 4.22. The zero-order valence-corrected chi connectivity index (χ0v) is 9.95. The summed E-state index contributed by atoms with van der Waals surface area (Å²) < 4.78 is 25.9. The maximum absolute atomic E-state index is 12.9. The molecule has 0 N–H and O–H groups in total. The molecule has 0 spiro atoms. The summed E-state index contributed by atoms with van der Waals surface area (Å²) in [5.41, 5.74) is 0. The normalized spacial score (nSPS) is 42.8. The van der Waals surface area contributed by atoms with E-state index < -0.39 is 12.3 Å². The third-order valence-corrected chi connectivity index (χ3v) is 5.31. The molecular formula is C12H20F2S. The molecule has 0 radical (unpaired) electrons. The second-order valence-corrected chi connectivity index (χ2v) is 6.49. The van der Waals surface area contributed by atoms with Gasteiger partial charge < -0.3 is 0 Å². The Kier molecular flexibility index (Phi) is 4.30. The Morgan fingerprint density at radius 1 is 0.600 bits per heavy atom. The number of alkyl halides is 2. The van der Waals surface area contributed by atoms with Gasteiger partial charge in [-0.3, -0.25) is 0 Å². The molecule has 0 amide bonds. The zero-order valence-electron chi connectivity index (χ0n) is 9.13. The maximum Gasteiger partial charge on any atom is 0.100 e. The van der Waals surface area contributed by atoms with E-state index in [1.54, 1.807) is 0 Å². The van der Waals surface area contributed by atoms with Gasteiger partial charge in [-0.25, -0.2) is 8.78 Å². The summed E-state index contributed by atoms with van der Waals surface area (Å²) in [6, 6.07) is 0. The lowest BCUT2D eigenvalue weighted by atomic mass is 9.98. The molecule has 0 bridgehead atoms. The van der Waals surface area contributed by atoms with Crippen molar-refractivity contribution in [3.63, 3.8) is 0 Å². The lowest BCUT2D eigenvalue weighted by Crippen LogP contribution is -2.23. The minimum Gasteiger partial charge on any atom is -0.247 e. The van der Waals surface area contributed by atoms with Crippen LogP contribution in [-0.2, 0) is 0 Å². The molecule has 2 aliphatic carbocycles. The van der Waals surface area contributed by atoms with Crippen LogP contribution in [-0.4, -0.2) is 22.8 Å². The number of halogens is 2. The van der Waals surface area contributed by atoms with E-state index in [-0.39, 0.29) is 0 Å². The quantitative estimate of drug-likeness (QED) is 0.687. The minimum atomic E-state index is -0.552. The van der Waals surface area contributed by atoms with Crippen molar-refractivity contribution in [2.75, 3.05) is 0 Å². The van der Waals surface area contributed by atoms with Gasteiger partial charge in [0.2, 0.25) is 0 Å². The Morgan fingerprint density at radius 3 is 1.27 bits per heavy atom. The van der Waals surface area contributed by atoms with Gasteiger partial charge in [-0.05, 0) is 51.4 Å². The van der Waals surface area contributed by atoms with Crippen molar-refractivity contribution in [1.82, 2.24) is 0 Å². The van der Waals surface area contributed by atoms with E-state index >= 15 is 0 Å². The summed E-state index contributed by atoms with van der Waals surface area (Å²) in [5, 5.41) is 1.30. The van der Waals surface area contributed by atoms with Crippen molar-refractivity contribution < 1.29 is 8.78 Å². The van der Waals surface area contributed by atoms with Crippen LogP contribution in [0.15, 0.2) is 0 Å². The molecular weight excluding hydrogens is 214 g/mol. The fourth-order valence-electron chi connectivity index (χ4n) is 2.59. The van der Waals surface area contributed by atoms with Gasteiger partial charge in [0.15, 0.2) is 0 Å². The molecule has 0 heterocycles. The molecule has 0 aliphatic heterocycles. The zero-order chi connectivity index (χ0) is 10.7. The number of hydrogen-bond acceptors (Lipinski definition) is 1. The molecule has 88 valence electrons. The molecule has 0 aromatic carbocycles. The van der Waals surface area contributed by atoms with E-state index in [4.69, 9.17) is 0 Å². The third-order valence-electron chi connectivity index (χ3n) is 3.59.